The van der Waals surface area contributed by atoms with Crippen molar-refractivity contribution in [2.24, 2.45) is 0 Å². The fraction of sp³-hybridized carbons (Fsp3) is 0.636. The molecule has 2 rings (SSSR count). The topological polar surface area (TPSA) is 99.6 Å². The molecule has 21 heavy (non-hydrogen) atoms. The lowest BCUT2D eigenvalue weighted by Crippen LogP contribution is -2.51. The number of nitrogen functional groups attached to an aromatic ring is 1. The van der Waals surface area contributed by atoms with Crippen molar-refractivity contribution in [2.45, 2.75) is 23.9 Å². The summed E-state index contributed by atoms with van der Waals surface area (Å²) < 4.78 is 51.9. The molecule has 0 spiro atoms. The lowest BCUT2D eigenvalue weighted by molar-refractivity contribution is -0.148. The van der Waals surface area contributed by atoms with Crippen LogP contribution >= 0.6 is 0 Å². The summed E-state index contributed by atoms with van der Waals surface area (Å²) in [6.45, 7) is -2.45. The minimum Gasteiger partial charge on any atom is -0.393 e. The van der Waals surface area contributed by atoms with E-state index in [1.807, 2.05) is 0 Å². The molecule has 1 fully saturated rings. The molecule has 0 radical (unpaired) electrons. The monoisotopic (exact) mass is 309 g/mol. The second-order valence-electron chi connectivity index (χ2n) is 4.66. The normalized spacial score (nSPS) is 31.5. The molecule has 1 aromatic rings. The van der Waals surface area contributed by atoms with Gasteiger partial charge in [-0.2, -0.15) is 13.8 Å². The predicted octanol–water partition coefficient (Wildman–Crippen LogP) is -0.295. The zero-order chi connectivity index (χ0) is 15.8. The number of aliphatic hydroxyl groups is 1. The van der Waals surface area contributed by atoms with Crippen LogP contribution in [0, 0.1) is 0 Å². The number of hydrogen-bond acceptors (Lipinski definition) is 6. The highest BCUT2D eigenvalue weighted by Crippen LogP contribution is 2.48. The van der Waals surface area contributed by atoms with Crippen LogP contribution in [0.4, 0.5) is 19.0 Å². The lowest BCUT2D eigenvalue weighted by atomic mass is 9.96. The van der Waals surface area contributed by atoms with Gasteiger partial charge in [-0.3, -0.25) is 4.57 Å². The summed E-state index contributed by atoms with van der Waals surface area (Å²) in [6, 6.07) is 1.12. The quantitative estimate of drug-likeness (QED) is 0.792. The average molecular weight is 309 g/mol. The van der Waals surface area contributed by atoms with Gasteiger partial charge in [-0.05, 0) is 6.07 Å². The maximum Gasteiger partial charge on any atom is 0.351 e. The molecule has 1 aromatic heterocycles. The Morgan fingerprint density at radius 3 is 2.71 bits per heavy atom. The van der Waals surface area contributed by atoms with Crippen molar-refractivity contribution >= 4 is 5.82 Å². The van der Waals surface area contributed by atoms with Gasteiger partial charge < -0.3 is 20.3 Å². The first kappa shape index (κ1) is 15.7. The van der Waals surface area contributed by atoms with Gasteiger partial charge in [0, 0.05) is 13.3 Å². The van der Waals surface area contributed by atoms with Gasteiger partial charge in [0.25, 0.3) is 0 Å². The van der Waals surface area contributed by atoms with E-state index in [0.29, 0.717) is 4.57 Å². The van der Waals surface area contributed by atoms with Crippen LogP contribution in [0.5, 0.6) is 0 Å². The van der Waals surface area contributed by atoms with E-state index >= 15 is 0 Å². The standard InChI is InChI=1S/C11H14F3N3O4/c1-20-7-10(4-12,5-18)21-8(11(7,13)14)17-3-2-6(15)16-9(17)19/h2-3,7-8,18H,4-5H2,1H3,(H2,15,16,19). The second kappa shape index (κ2) is 5.28. The number of rotatable bonds is 4. The predicted molar refractivity (Wildman–Crippen MR) is 64.6 cm³/mol. The van der Waals surface area contributed by atoms with Crippen molar-refractivity contribution in [2.75, 3.05) is 26.1 Å². The number of aromatic nitrogens is 2. The number of halogens is 3. The first-order valence-electron chi connectivity index (χ1n) is 5.92. The largest absolute Gasteiger partial charge is 0.393 e. The zero-order valence-corrected chi connectivity index (χ0v) is 11.0. The van der Waals surface area contributed by atoms with Crippen LogP contribution in [-0.4, -0.2) is 52.7 Å². The summed E-state index contributed by atoms with van der Waals surface area (Å²) in [5.41, 5.74) is 1.93. The maximum absolute atomic E-state index is 14.4. The van der Waals surface area contributed by atoms with Gasteiger partial charge in [0.15, 0.2) is 11.7 Å². The fourth-order valence-corrected chi connectivity index (χ4v) is 2.33. The number of hydrogen-bond donors (Lipinski definition) is 2. The lowest BCUT2D eigenvalue weighted by Gasteiger charge is -2.28. The summed E-state index contributed by atoms with van der Waals surface area (Å²) in [7, 11) is 0.939. The minimum atomic E-state index is -3.76. The Balaban J connectivity index is 2.52. The van der Waals surface area contributed by atoms with Gasteiger partial charge in [-0.1, -0.05) is 0 Å². The third kappa shape index (κ3) is 2.28. The van der Waals surface area contributed by atoms with Crippen molar-refractivity contribution in [3.8, 4) is 0 Å². The smallest absolute Gasteiger partial charge is 0.351 e. The van der Waals surface area contributed by atoms with Crippen molar-refractivity contribution in [1.82, 2.24) is 9.55 Å². The highest BCUT2D eigenvalue weighted by atomic mass is 19.3. The van der Waals surface area contributed by atoms with E-state index in [2.05, 4.69) is 9.72 Å². The summed E-state index contributed by atoms with van der Waals surface area (Å²) in [5.74, 6) is -3.91. The Bertz CT molecular complexity index is 576. The van der Waals surface area contributed by atoms with E-state index in [1.165, 1.54) is 0 Å². The van der Waals surface area contributed by atoms with Crippen molar-refractivity contribution in [3.63, 3.8) is 0 Å². The number of anilines is 1. The van der Waals surface area contributed by atoms with Gasteiger partial charge in [-0.15, -0.1) is 0 Å². The second-order valence-corrected chi connectivity index (χ2v) is 4.66. The molecule has 7 nitrogen and oxygen atoms in total. The highest BCUT2D eigenvalue weighted by Gasteiger charge is 2.68. The number of aliphatic hydroxyl groups excluding tert-OH is 1. The molecule has 3 unspecified atom stereocenters. The van der Waals surface area contributed by atoms with Crippen LogP contribution in [0.1, 0.15) is 6.23 Å². The summed E-state index contributed by atoms with van der Waals surface area (Å²) in [4.78, 5) is 15.0. The van der Waals surface area contributed by atoms with Crippen LogP contribution in [0.25, 0.3) is 0 Å². The summed E-state index contributed by atoms with van der Waals surface area (Å²) in [6.07, 6.45) is -3.26. The van der Waals surface area contributed by atoms with E-state index in [1.54, 1.807) is 0 Å². The van der Waals surface area contributed by atoms with Crippen LogP contribution in [0.2, 0.25) is 0 Å². The van der Waals surface area contributed by atoms with E-state index in [4.69, 9.17) is 10.5 Å². The zero-order valence-electron chi connectivity index (χ0n) is 11.0. The molecular formula is C11H14F3N3O4. The molecule has 0 aromatic carbocycles. The Kier molecular flexibility index (Phi) is 3.95. The van der Waals surface area contributed by atoms with Crippen LogP contribution in [0.3, 0.4) is 0 Å². The summed E-state index contributed by atoms with van der Waals surface area (Å²) in [5, 5.41) is 9.23. The Morgan fingerprint density at radius 2 is 2.29 bits per heavy atom. The third-order valence-corrected chi connectivity index (χ3v) is 3.34. The highest BCUT2D eigenvalue weighted by molar-refractivity contribution is 5.24. The van der Waals surface area contributed by atoms with Crippen molar-refractivity contribution < 1.29 is 27.8 Å². The van der Waals surface area contributed by atoms with E-state index in [-0.39, 0.29) is 5.82 Å². The molecule has 118 valence electrons. The van der Waals surface area contributed by atoms with Crippen LogP contribution < -0.4 is 11.4 Å². The molecular weight excluding hydrogens is 295 g/mol. The molecule has 10 heteroatoms. The molecule has 3 atom stereocenters. The number of ether oxygens (including phenoxy) is 2. The molecule has 0 amide bonds. The number of methoxy groups -OCH3 is 1. The average Bonchev–Trinajstić information content (AvgIpc) is 2.66. The molecule has 1 saturated heterocycles. The molecule has 0 bridgehead atoms. The minimum absolute atomic E-state index is 0.153. The molecule has 1 aliphatic rings. The van der Waals surface area contributed by atoms with E-state index in [0.717, 1.165) is 19.4 Å². The fourth-order valence-electron chi connectivity index (χ4n) is 2.33. The SMILES string of the molecule is COC1C(CO)(CF)OC(n2ccc(N)nc2=O)C1(F)F. The number of nitrogens with two attached hydrogens (primary N) is 1. The van der Waals surface area contributed by atoms with Crippen molar-refractivity contribution in [1.29, 1.82) is 0 Å². The maximum atomic E-state index is 14.4. The first-order chi connectivity index (χ1) is 9.82. The Labute approximate surface area is 117 Å². The Morgan fingerprint density at radius 1 is 1.62 bits per heavy atom. The van der Waals surface area contributed by atoms with Crippen LogP contribution in [0.15, 0.2) is 17.1 Å². The number of alkyl halides is 3. The van der Waals surface area contributed by atoms with Gasteiger partial charge >= 0.3 is 11.6 Å². The van der Waals surface area contributed by atoms with Gasteiger partial charge in [0.05, 0.1) is 6.61 Å². The van der Waals surface area contributed by atoms with Gasteiger partial charge in [0.1, 0.15) is 12.5 Å². The van der Waals surface area contributed by atoms with Crippen molar-refractivity contribution in [3.05, 3.63) is 22.7 Å². The number of nitrogens with zero attached hydrogens (tertiary/aromatic N) is 2. The Hall–Kier alpha value is -1.65. The van der Waals surface area contributed by atoms with Gasteiger partial charge in [-0.25, -0.2) is 9.18 Å². The molecule has 2 heterocycles. The van der Waals surface area contributed by atoms with Gasteiger partial charge in [0.2, 0.25) is 6.23 Å². The van der Waals surface area contributed by atoms with E-state index in [9.17, 15) is 23.1 Å². The molecule has 0 aliphatic carbocycles. The third-order valence-electron chi connectivity index (χ3n) is 3.34. The first-order valence-corrected chi connectivity index (χ1v) is 5.92. The van der Waals surface area contributed by atoms with Crippen LogP contribution in [-0.2, 0) is 9.47 Å². The molecule has 0 saturated carbocycles. The molecule has 3 N–H and O–H groups in total. The molecule has 1 aliphatic heterocycles. The summed E-state index contributed by atoms with van der Waals surface area (Å²) >= 11 is 0. The van der Waals surface area contributed by atoms with E-state index < -0.39 is 42.8 Å².